The molecule has 0 saturated carbocycles. The number of hydrogen-bond donors (Lipinski definition) is 0. The Kier molecular flexibility index (Phi) is 6.15. The molecule has 0 aromatic rings. The molecule has 0 rings (SSSR count). The Morgan fingerprint density at radius 3 is 1.52 bits per heavy atom. The van der Waals surface area contributed by atoms with Crippen LogP contribution in [0.25, 0.3) is 10.4 Å². The zero-order chi connectivity index (χ0) is 20.5. The summed E-state index contributed by atoms with van der Waals surface area (Å²) in [5.74, 6) is -20.8. The van der Waals surface area contributed by atoms with Crippen molar-refractivity contribution in [3.8, 4) is 0 Å². The van der Waals surface area contributed by atoms with Gasteiger partial charge in [-0.15, -0.1) is 0 Å². The molecule has 0 bridgehead atoms. The number of azide groups is 1. The molecule has 4 nitrogen and oxygen atoms in total. The molecule has 0 aliphatic carbocycles. The first-order valence-electron chi connectivity index (χ1n) is 5.43. The van der Waals surface area contributed by atoms with Crippen molar-refractivity contribution in [2.75, 3.05) is 6.54 Å². The van der Waals surface area contributed by atoms with Gasteiger partial charge in [-0.3, -0.25) is 0 Å². The van der Waals surface area contributed by atoms with Crippen LogP contribution < -0.4 is 0 Å². The van der Waals surface area contributed by atoms with Gasteiger partial charge in [-0.25, -0.2) is 4.74 Å². The van der Waals surface area contributed by atoms with Crippen LogP contribution in [-0.4, -0.2) is 42.7 Å². The van der Waals surface area contributed by atoms with E-state index in [4.69, 9.17) is 5.53 Å². The van der Waals surface area contributed by atoms with Crippen LogP contribution in [-0.2, 0) is 4.74 Å². The van der Waals surface area contributed by atoms with E-state index >= 15 is 0 Å². The second-order valence-corrected chi connectivity index (χ2v) is 4.19. The largest absolute Gasteiger partial charge is 0.483 e. The molecule has 0 aliphatic rings. The maximum Gasteiger partial charge on any atom is 0.483 e. The lowest BCUT2D eigenvalue weighted by Gasteiger charge is -2.37. The van der Waals surface area contributed by atoms with Crippen LogP contribution in [0.15, 0.2) is 5.11 Å². The minimum Gasteiger partial charge on any atom is -0.243 e. The molecular formula is C8H4F13N3O. The Morgan fingerprint density at radius 2 is 1.16 bits per heavy atom. The van der Waals surface area contributed by atoms with Gasteiger partial charge in [0.25, 0.3) is 0 Å². The van der Waals surface area contributed by atoms with Gasteiger partial charge >= 0.3 is 36.2 Å². The molecule has 148 valence electrons. The van der Waals surface area contributed by atoms with Crippen LogP contribution in [0.4, 0.5) is 57.1 Å². The summed E-state index contributed by atoms with van der Waals surface area (Å²) in [4.78, 5) is 1.77. The predicted octanol–water partition coefficient (Wildman–Crippen LogP) is 5.36. The third kappa shape index (κ3) is 4.31. The lowest BCUT2D eigenvalue weighted by Crippen LogP contribution is -2.65. The Balaban J connectivity index is 5.79. The average molecular weight is 405 g/mol. The quantitative estimate of drug-likeness (QED) is 0.232. The summed E-state index contributed by atoms with van der Waals surface area (Å²) >= 11 is 0. The summed E-state index contributed by atoms with van der Waals surface area (Å²) in [5.41, 5.74) is 7.71. The van der Waals surface area contributed by atoms with Gasteiger partial charge in [0, 0.05) is 17.9 Å². The molecule has 0 aromatic heterocycles. The molecule has 25 heavy (non-hydrogen) atoms. The molecule has 0 aromatic carbocycles. The Hall–Kier alpha value is -1.64. The molecule has 0 saturated heterocycles. The van der Waals surface area contributed by atoms with Crippen molar-refractivity contribution in [1.29, 1.82) is 0 Å². The molecular weight excluding hydrogens is 401 g/mol. The topological polar surface area (TPSA) is 58.0 Å². The van der Waals surface area contributed by atoms with E-state index in [2.05, 4.69) is 5.11 Å². The Bertz CT molecular complexity index is 522. The van der Waals surface area contributed by atoms with Gasteiger partial charge in [-0.1, -0.05) is 5.11 Å². The van der Waals surface area contributed by atoms with Crippen molar-refractivity contribution in [1.82, 2.24) is 0 Å². The highest BCUT2D eigenvalue weighted by Gasteiger charge is 2.83. The number of halogens is 13. The highest BCUT2D eigenvalue weighted by Crippen LogP contribution is 2.56. The minimum atomic E-state index is -7.51. The monoisotopic (exact) mass is 405 g/mol. The maximum atomic E-state index is 13.1. The molecule has 0 fully saturated rings. The lowest BCUT2D eigenvalue weighted by atomic mass is 10.0. The molecule has 0 unspecified atom stereocenters. The minimum absolute atomic E-state index is 1.42. The third-order valence-corrected chi connectivity index (χ3v) is 2.39. The van der Waals surface area contributed by atoms with E-state index in [0.29, 0.717) is 0 Å². The Morgan fingerprint density at radius 1 is 0.720 bits per heavy atom. The van der Waals surface area contributed by atoms with E-state index in [0.717, 1.165) is 0 Å². The van der Waals surface area contributed by atoms with E-state index in [1.165, 1.54) is 4.74 Å². The molecule has 0 aliphatic heterocycles. The number of rotatable bonds is 8. The summed E-state index contributed by atoms with van der Waals surface area (Å²) in [7, 11) is 0. The van der Waals surface area contributed by atoms with Gasteiger partial charge in [0.1, 0.15) is 0 Å². The molecule has 0 heterocycles. The van der Waals surface area contributed by atoms with Crippen molar-refractivity contribution >= 4 is 0 Å². The summed E-state index contributed by atoms with van der Waals surface area (Å²) in [6, 6.07) is 0. The normalized spacial score (nSPS) is 15.1. The van der Waals surface area contributed by atoms with Crippen LogP contribution in [0.5, 0.6) is 0 Å². The fraction of sp³-hybridized carbons (Fsp3) is 1.00. The van der Waals surface area contributed by atoms with Crippen LogP contribution in [0.3, 0.4) is 0 Å². The second-order valence-electron chi connectivity index (χ2n) is 4.19. The smallest absolute Gasteiger partial charge is 0.243 e. The summed E-state index contributed by atoms with van der Waals surface area (Å²) in [6.07, 6.45) is -23.9. The van der Waals surface area contributed by atoms with Gasteiger partial charge in [0.2, 0.25) is 0 Å². The third-order valence-electron chi connectivity index (χ3n) is 2.39. The van der Waals surface area contributed by atoms with Crippen molar-refractivity contribution < 1.29 is 61.8 Å². The van der Waals surface area contributed by atoms with Gasteiger partial charge < -0.3 is 0 Å². The van der Waals surface area contributed by atoms with Crippen LogP contribution in [0, 0.1) is 0 Å². The van der Waals surface area contributed by atoms with Crippen molar-refractivity contribution in [2.45, 2.75) is 42.6 Å². The summed E-state index contributed by atoms with van der Waals surface area (Å²) in [5, 5.41) is 2.24. The van der Waals surface area contributed by atoms with Crippen molar-refractivity contribution in [3.63, 3.8) is 0 Å². The predicted molar refractivity (Wildman–Crippen MR) is 50.5 cm³/mol. The molecule has 17 heteroatoms. The van der Waals surface area contributed by atoms with Crippen LogP contribution >= 0.6 is 0 Å². The zero-order valence-electron chi connectivity index (χ0n) is 11.1. The number of alkyl halides is 13. The van der Waals surface area contributed by atoms with E-state index in [1.807, 2.05) is 0 Å². The number of hydrogen-bond acceptors (Lipinski definition) is 2. The fourth-order valence-electron chi connectivity index (χ4n) is 1.09. The van der Waals surface area contributed by atoms with E-state index in [-0.39, 0.29) is 0 Å². The second kappa shape index (κ2) is 6.59. The summed E-state index contributed by atoms with van der Waals surface area (Å²) in [6.45, 7) is -1.61. The Labute approximate surface area is 128 Å². The first-order valence-corrected chi connectivity index (χ1v) is 5.43. The molecule has 0 atom stereocenters. The van der Waals surface area contributed by atoms with E-state index in [9.17, 15) is 57.1 Å². The number of nitrogens with zero attached hydrogens (tertiary/aromatic N) is 3. The van der Waals surface area contributed by atoms with E-state index in [1.54, 1.807) is 4.91 Å². The van der Waals surface area contributed by atoms with Crippen molar-refractivity contribution in [2.24, 2.45) is 5.11 Å². The van der Waals surface area contributed by atoms with Crippen molar-refractivity contribution in [3.05, 3.63) is 10.4 Å². The van der Waals surface area contributed by atoms with Gasteiger partial charge in [-0.05, 0) is 5.53 Å². The zero-order valence-corrected chi connectivity index (χ0v) is 11.1. The van der Waals surface area contributed by atoms with Crippen LogP contribution in [0.2, 0.25) is 0 Å². The fourth-order valence-corrected chi connectivity index (χ4v) is 1.09. The first kappa shape index (κ1) is 23.4. The highest BCUT2D eigenvalue weighted by molar-refractivity contribution is 5.01. The average Bonchev–Trinajstić information content (AvgIpc) is 2.35. The van der Waals surface area contributed by atoms with Gasteiger partial charge in [0.15, 0.2) is 0 Å². The number of ether oxygens (including phenoxy) is 1. The first-order chi connectivity index (χ1) is 10.8. The highest BCUT2D eigenvalue weighted by atomic mass is 19.4. The SMILES string of the molecule is [N-]=[N+]=NCCC(F)(F)C(F)(F)C(F)(F)C(F)(F)OC(F)(F)C(F)(F)F. The van der Waals surface area contributed by atoms with Gasteiger partial charge in [0.05, 0.1) is 0 Å². The molecule has 0 N–H and O–H groups in total. The van der Waals surface area contributed by atoms with Crippen LogP contribution in [0.1, 0.15) is 6.42 Å². The lowest BCUT2D eigenvalue weighted by molar-refractivity contribution is -0.508. The maximum absolute atomic E-state index is 13.1. The van der Waals surface area contributed by atoms with Gasteiger partial charge in [-0.2, -0.15) is 57.1 Å². The van der Waals surface area contributed by atoms with E-state index < -0.39 is 49.1 Å². The molecule has 0 amide bonds. The molecule has 0 radical (unpaired) electrons. The molecule has 0 spiro atoms. The standard InChI is InChI=1S/C8H4F13N3O/c9-3(10,1-2-23-24-22)4(11,12)5(13,14)7(18,19)25-8(20,21)6(15,16)17/h1-2H2. The summed E-state index contributed by atoms with van der Waals surface area (Å²) < 4.78 is 165.